The largest absolute Gasteiger partial charge is 0.495 e. The second kappa shape index (κ2) is 9.05. The molecular weight excluding hydrogens is 389 g/mol. The molecule has 2 fully saturated rings. The van der Waals surface area contributed by atoms with Gasteiger partial charge in [0.1, 0.15) is 16.9 Å². The predicted octanol–water partition coefficient (Wildman–Crippen LogP) is 3.23. The summed E-state index contributed by atoms with van der Waals surface area (Å²) in [6.07, 6.45) is 0. The Morgan fingerprint density at radius 3 is 2.55 bits per heavy atom. The lowest BCUT2D eigenvalue weighted by atomic mass is 10.2. The van der Waals surface area contributed by atoms with Gasteiger partial charge in [-0.1, -0.05) is 30.3 Å². The molecule has 0 bridgehead atoms. The molecule has 4 rings (SSSR count). The number of piperazine rings is 1. The molecule has 0 radical (unpaired) electrons. The molecule has 0 unspecified atom stereocenters. The predicted molar refractivity (Wildman–Crippen MR) is 115 cm³/mol. The third-order valence-electron chi connectivity index (χ3n) is 5.54. The van der Waals surface area contributed by atoms with Crippen molar-refractivity contribution in [2.75, 3.05) is 57.0 Å². The van der Waals surface area contributed by atoms with Crippen molar-refractivity contribution >= 4 is 23.4 Å². The van der Waals surface area contributed by atoms with Gasteiger partial charge in [-0.3, -0.25) is 9.69 Å². The number of carbonyl (C=O) groups is 1. The van der Waals surface area contributed by atoms with Gasteiger partial charge in [-0.05, 0) is 18.2 Å². The van der Waals surface area contributed by atoms with Gasteiger partial charge in [0.25, 0.3) is 0 Å². The summed E-state index contributed by atoms with van der Waals surface area (Å²) in [5.41, 5.74) is 1.70. The normalized spacial score (nSPS) is 20.1. The summed E-state index contributed by atoms with van der Waals surface area (Å²) in [7, 11) is 1.69. The zero-order chi connectivity index (χ0) is 20.2. The lowest BCUT2D eigenvalue weighted by Gasteiger charge is -2.37. The SMILES string of the molecule is COc1ccccc1N1CCN(CC(=O)N2CCS[C@H]2c2ccccc2F)CC1. The molecule has 0 aliphatic carbocycles. The van der Waals surface area contributed by atoms with E-state index in [-0.39, 0.29) is 17.1 Å². The summed E-state index contributed by atoms with van der Waals surface area (Å²) >= 11 is 1.63. The molecule has 0 saturated carbocycles. The smallest absolute Gasteiger partial charge is 0.237 e. The van der Waals surface area contributed by atoms with Crippen LogP contribution in [0.3, 0.4) is 0 Å². The third-order valence-corrected chi connectivity index (χ3v) is 6.78. The first-order valence-electron chi connectivity index (χ1n) is 9.93. The van der Waals surface area contributed by atoms with E-state index in [9.17, 15) is 9.18 Å². The number of thioether (sulfide) groups is 1. The van der Waals surface area contributed by atoms with Crippen LogP contribution in [0.15, 0.2) is 48.5 Å². The van der Waals surface area contributed by atoms with Crippen molar-refractivity contribution in [1.82, 2.24) is 9.80 Å². The van der Waals surface area contributed by atoms with E-state index in [0.717, 1.165) is 43.4 Å². The van der Waals surface area contributed by atoms with Crippen molar-refractivity contribution in [2.45, 2.75) is 5.37 Å². The Morgan fingerprint density at radius 2 is 1.79 bits per heavy atom. The number of carbonyl (C=O) groups excluding carboxylic acids is 1. The van der Waals surface area contributed by atoms with Gasteiger partial charge in [0.15, 0.2) is 0 Å². The molecule has 0 spiro atoms. The average molecular weight is 416 g/mol. The molecule has 2 aliphatic rings. The van der Waals surface area contributed by atoms with Gasteiger partial charge in [-0.15, -0.1) is 11.8 Å². The second-order valence-electron chi connectivity index (χ2n) is 7.27. The quantitative estimate of drug-likeness (QED) is 0.749. The molecule has 5 nitrogen and oxygen atoms in total. The standard InChI is InChI=1S/C22H26FN3O2S/c1-28-20-9-5-4-8-19(20)25-12-10-24(11-13-25)16-21(27)26-14-15-29-22(26)17-6-2-3-7-18(17)23/h2-9,22H,10-16H2,1H3/t22-/m0/s1. The maximum Gasteiger partial charge on any atom is 0.237 e. The number of ether oxygens (including phenoxy) is 1. The molecule has 0 N–H and O–H groups in total. The highest BCUT2D eigenvalue weighted by Gasteiger charge is 2.33. The Hall–Kier alpha value is -2.25. The number of halogens is 1. The van der Waals surface area contributed by atoms with Crippen LogP contribution in [0.25, 0.3) is 0 Å². The van der Waals surface area contributed by atoms with E-state index in [1.807, 2.05) is 29.2 Å². The first-order valence-corrected chi connectivity index (χ1v) is 11.0. The van der Waals surface area contributed by atoms with Crippen molar-refractivity contribution in [2.24, 2.45) is 0 Å². The molecule has 2 aromatic carbocycles. The highest BCUT2D eigenvalue weighted by Crippen LogP contribution is 2.39. The fourth-order valence-corrected chi connectivity index (χ4v) is 5.28. The molecule has 154 valence electrons. The van der Waals surface area contributed by atoms with Crippen LogP contribution in [-0.4, -0.2) is 67.8 Å². The monoisotopic (exact) mass is 415 g/mol. The zero-order valence-electron chi connectivity index (χ0n) is 16.6. The van der Waals surface area contributed by atoms with E-state index in [1.54, 1.807) is 31.0 Å². The second-order valence-corrected chi connectivity index (χ2v) is 8.45. The van der Waals surface area contributed by atoms with Crippen LogP contribution in [0.2, 0.25) is 0 Å². The van der Waals surface area contributed by atoms with E-state index in [4.69, 9.17) is 4.74 Å². The van der Waals surface area contributed by atoms with Gasteiger partial charge in [0.05, 0.1) is 19.3 Å². The maximum atomic E-state index is 14.2. The molecule has 1 amide bonds. The van der Waals surface area contributed by atoms with Crippen LogP contribution in [0.5, 0.6) is 5.75 Å². The van der Waals surface area contributed by atoms with Crippen molar-refractivity contribution in [3.63, 3.8) is 0 Å². The van der Waals surface area contributed by atoms with E-state index >= 15 is 0 Å². The number of methoxy groups -OCH3 is 1. The number of anilines is 1. The van der Waals surface area contributed by atoms with Gasteiger partial charge >= 0.3 is 0 Å². The molecule has 2 heterocycles. The maximum absolute atomic E-state index is 14.2. The van der Waals surface area contributed by atoms with Crippen molar-refractivity contribution < 1.29 is 13.9 Å². The summed E-state index contributed by atoms with van der Waals surface area (Å²) in [6, 6.07) is 14.8. The first-order chi connectivity index (χ1) is 14.2. The molecule has 0 aromatic heterocycles. The highest BCUT2D eigenvalue weighted by atomic mass is 32.2. The summed E-state index contributed by atoms with van der Waals surface area (Å²) < 4.78 is 19.7. The van der Waals surface area contributed by atoms with Crippen molar-refractivity contribution in [1.29, 1.82) is 0 Å². The molecule has 7 heteroatoms. The van der Waals surface area contributed by atoms with Crippen molar-refractivity contribution in [3.05, 3.63) is 59.9 Å². The molecule has 2 saturated heterocycles. The Labute approximate surface area is 175 Å². The number of benzene rings is 2. The van der Waals surface area contributed by atoms with Gasteiger partial charge in [-0.2, -0.15) is 0 Å². The van der Waals surface area contributed by atoms with Crippen LogP contribution in [0, 0.1) is 5.82 Å². The van der Waals surface area contributed by atoms with E-state index in [1.165, 1.54) is 6.07 Å². The minimum Gasteiger partial charge on any atom is -0.495 e. The number of nitrogens with zero attached hydrogens (tertiary/aromatic N) is 3. The van der Waals surface area contributed by atoms with Gasteiger partial charge < -0.3 is 14.5 Å². The van der Waals surface area contributed by atoms with Crippen molar-refractivity contribution in [3.8, 4) is 5.75 Å². The highest BCUT2D eigenvalue weighted by molar-refractivity contribution is 7.99. The number of para-hydroxylation sites is 2. The summed E-state index contributed by atoms with van der Waals surface area (Å²) in [5.74, 6) is 1.55. The van der Waals surface area contributed by atoms with Crippen LogP contribution in [0.1, 0.15) is 10.9 Å². The van der Waals surface area contributed by atoms with E-state index < -0.39 is 0 Å². The average Bonchev–Trinajstić information content (AvgIpc) is 3.24. The van der Waals surface area contributed by atoms with Gasteiger partial charge in [0, 0.05) is 44.0 Å². The summed E-state index contributed by atoms with van der Waals surface area (Å²) in [5, 5.41) is -0.224. The molecule has 29 heavy (non-hydrogen) atoms. The lowest BCUT2D eigenvalue weighted by Crippen LogP contribution is -2.50. The lowest BCUT2D eigenvalue weighted by molar-refractivity contribution is -0.132. The van der Waals surface area contributed by atoms with Crippen LogP contribution in [0.4, 0.5) is 10.1 Å². The number of amides is 1. The fourth-order valence-electron chi connectivity index (χ4n) is 3.98. The minimum absolute atomic E-state index is 0.0778. The van der Waals surface area contributed by atoms with Gasteiger partial charge in [0.2, 0.25) is 5.91 Å². The van der Waals surface area contributed by atoms with E-state index in [0.29, 0.717) is 18.7 Å². The minimum atomic E-state index is -0.241. The molecular formula is C22H26FN3O2S. The van der Waals surface area contributed by atoms with Crippen LogP contribution >= 0.6 is 11.8 Å². The molecule has 2 aromatic rings. The Kier molecular flexibility index (Phi) is 6.25. The van der Waals surface area contributed by atoms with E-state index in [2.05, 4.69) is 15.9 Å². The fraction of sp³-hybridized carbons (Fsp3) is 0.409. The Bertz CT molecular complexity index is 857. The molecule has 1 atom stereocenters. The first kappa shape index (κ1) is 20.0. The van der Waals surface area contributed by atoms with Gasteiger partial charge in [-0.25, -0.2) is 4.39 Å². The Balaban J connectivity index is 1.36. The number of hydrogen-bond donors (Lipinski definition) is 0. The van der Waals surface area contributed by atoms with Crippen LogP contribution < -0.4 is 9.64 Å². The number of rotatable bonds is 5. The summed E-state index contributed by atoms with van der Waals surface area (Å²) in [4.78, 5) is 19.3. The zero-order valence-corrected chi connectivity index (χ0v) is 17.4. The number of hydrogen-bond acceptors (Lipinski definition) is 5. The third kappa shape index (κ3) is 4.36. The Morgan fingerprint density at radius 1 is 1.07 bits per heavy atom. The molecule has 2 aliphatic heterocycles. The topological polar surface area (TPSA) is 36.0 Å². The van der Waals surface area contributed by atoms with Crippen LogP contribution in [-0.2, 0) is 4.79 Å². The summed E-state index contributed by atoms with van der Waals surface area (Å²) in [6.45, 7) is 4.37.